The van der Waals surface area contributed by atoms with Crippen LogP contribution in [-0.2, 0) is 9.59 Å². The molecular formula is C12H8NO6-. The zero-order valence-electron chi connectivity index (χ0n) is 9.76. The maximum absolute atomic E-state index is 11.6. The zero-order valence-corrected chi connectivity index (χ0v) is 9.76. The molecule has 0 aliphatic carbocycles. The molecule has 1 N–H and O–H groups in total. The summed E-state index contributed by atoms with van der Waals surface area (Å²) in [5.41, 5.74) is -0.877. The number of rotatable bonds is 2. The first kappa shape index (κ1) is 12.6. The van der Waals surface area contributed by atoms with Crippen LogP contribution < -0.4 is 20.8 Å². The number of methoxy groups -OCH3 is 1. The lowest BCUT2D eigenvalue weighted by atomic mass is 10.2. The van der Waals surface area contributed by atoms with E-state index in [0.29, 0.717) is 11.1 Å². The second-order valence-electron chi connectivity index (χ2n) is 3.59. The number of ether oxygens (including phenoxy) is 1. The summed E-state index contributed by atoms with van der Waals surface area (Å²) in [4.78, 5) is 32.8. The fraction of sp³-hybridized carbons (Fsp3) is 0.0833. The van der Waals surface area contributed by atoms with Crippen LogP contribution in [0.25, 0.3) is 11.0 Å². The molecule has 7 nitrogen and oxygen atoms in total. The third kappa shape index (κ3) is 2.54. The molecule has 0 saturated carbocycles. The number of hydrogen-bond acceptors (Lipinski definition) is 6. The Morgan fingerprint density at radius 3 is 2.68 bits per heavy atom. The van der Waals surface area contributed by atoms with Crippen molar-refractivity contribution in [3.8, 4) is 5.75 Å². The monoisotopic (exact) mass is 262 g/mol. The fourth-order valence-electron chi connectivity index (χ4n) is 1.48. The number of nitrogens with one attached hydrogen (secondary N) is 1. The van der Waals surface area contributed by atoms with Gasteiger partial charge in [0.05, 0.1) is 7.11 Å². The van der Waals surface area contributed by atoms with Crippen molar-refractivity contribution in [1.29, 1.82) is 0 Å². The molecule has 19 heavy (non-hydrogen) atoms. The molecule has 0 radical (unpaired) electrons. The molecule has 1 aromatic carbocycles. The van der Waals surface area contributed by atoms with Crippen molar-refractivity contribution < 1.29 is 23.8 Å². The highest BCUT2D eigenvalue weighted by molar-refractivity contribution is 6.35. The maximum Gasteiger partial charge on any atom is 0.360 e. The van der Waals surface area contributed by atoms with Crippen molar-refractivity contribution in [2.24, 2.45) is 0 Å². The number of carboxylic acid groups (broad SMARTS) is 1. The van der Waals surface area contributed by atoms with Gasteiger partial charge in [-0.2, -0.15) is 0 Å². The van der Waals surface area contributed by atoms with E-state index >= 15 is 0 Å². The Hall–Kier alpha value is -2.83. The lowest BCUT2D eigenvalue weighted by Crippen LogP contribution is -2.37. The van der Waals surface area contributed by atoms with Gasteiger partial charge in [0, 0.05) is 11.5 Å². The van der Waals surface area contributed by atoms with E-state index in [2.05, 4.69) is 0 Å². The molecule has 0 unspecified atom stereocenters. The first-order valence-corrected chi connectivity index (χ1v) is 5.15. The van der Waals surface area contributed by atoms with Crippen LogP contribution in [0.15, 0.2) is 33.5 Å². The van der Waals surface area contributed by atoms with Gasteiger partial charge < -0.3 is 24.4 Å². The summed E-state index contributed by atoms with van der Waals surface area (Å²) in [6.45, 7) is 0. The molecule has 0 aliphatic heterocycles. The standard InChI is InChI=1S/C12H9NO6/c1-18-7-3-2-6-4-8(13-10(14)11(15)16)12(17)19-9(6)5-7/h2-5H,1H3,(H,13,14)(H,15,16)/p-1. The summed E-state index contributed by atoms with van der Waals surface area (Å²) in [7, 11) is 1.47. The first-order chi connectivity index (χ1) is 9.01. The van der Waals surface area contributed by atoms with Gasteiger partial charge in [-0.15, -0.1) is 0 Å². The van der Waals surface area contributed by atoms with Gasteiger partial charge in [-0.25, -0.2) is 4.79 Å². The zero-order chi connectivity index (χ0) is 14.0. The highest BCUT2D eigenvalue weighted by Crippen LogP contribution is 2.21. The molecule has 0 fully saturated rings. The number of hydrogen-bond donors (Lipinski definition) is 1. The molecular weight excluding hydrogens is 254 g/mol. The molecule has 0 atom stereocenters. The van der Waals surface area contributed by atoms with Crippen molar-refractivity contribution in [3.63, 3.8) is 0 Å². The van der Waals surface area contributed by atoms with Crippen molar-refractivity contribution in [3.05, 3.63) is 34.7 Å². The number of amides is 1. The SMILES string of the molecule is COc1ccc2cc(NC(=O)C(=O)[O-])c(=O)oc2c1. The Morgan fingerprint density at radius 1 is 1.32 bits per heavy atom. The Kier molecular flexibility index (Phi) is 3.19. The number of carbonyl (C=O) groups excluding carboxylic acids is 2. The second kappa shape index (κ2) is 4.81. The van der Waals surface area contributed by atoms with Crippen molar-refractivity contribution in [2.75, 3.05) is 12.4 Å². The molecule has 7 heteroatoms. The summed E-state index contributed by atoms with van der Waals surface area (Å²) >= 11 is 0. The highest BCUT2D eigenvalue weighted by Gasteiger charge is 2.10. The summed E-state index contributed by atoms with van der Waals surface area (Å²) < 4.78 is 9.92. The smallest absolute Gasteiger partial charge is 0.360 e. The summed E-state index contributed by atoms with van der Waals surface area (Å²) in [6.07, 6.45) is 0. The molecule has 1 aromatic heterocycles. The number of benzene rings is 1. The molecule has 1 amide bonds. The third-order valence-electron chi connectivity index (χ3n) is 2.38. The van der Waals surface area contributed by atoms with E-state index in [4.69, 9.17) is 9.15 Å². The van der Waals surface area contributed by atoms with Crippen molar-refractivity contribution in [2.45, 2.75) is 0 Å². The predicted molar refractivity (Wildman–Crippen MR) is 62.7 cm³/mol. The van der Waals surface area contributed by atoms with E-state index in [1.54, 1.807) is 12.1 Å². The lowest BCUT2D eigenvalue weighted by molar-refractivity contribution is -0.299. The van der Waals surface area contributed by atoms with Gasteiger partial charge in [-0.3, -0.25) is 4.79 Å². The number of fused-ring (bicyclic) bond motifs is 1. The van der Waals surface area contributed by atoms with Crippen LogP contribution in [0.5, 0.6) is 5.75 Å². The van der Waals surface area contributed by atoms with Crippen LogP contribution in [0.4, 0.5) is 5.69 Å². The molecule has 0 aliphatic rings. The van der Waals surface area contributed by atoms with Gasteiger partial charge in [0.2, 0.25) is 0 Å². The Bertz CT molecular complexity index is 718. The van der Waals surface area contributed by atoms with Gasteiger partial charge in [0.15, 0.2) is 0 Å². The molecule has 1 heterocycles. The normalized spacial score (nSPS) is 10.2. The summed E-state index contributed by atoms with van der Waals surface area (Å²) in [5.74, 6) is -2.85. The molecule has 2 rings (SSSR count). The van der Waals surface area contributed by atoms with Crippen molar-refractivity contribution >= 4 is 28.5 Å². The highest BCUT2D eigenvalue weighted by atomic mass is 16.5. The van der Waals surface area contributed by atoms with Crippen molar-refractivity contribution in [1.82, 2.24) is 0 Å². The van der Waals surface area contributed by atoms with Gasteiger partial charge in [-0.1, -0.05) is 0 Å². The van der Waals surface area contributed by atoms with Crippen LogP contribution in [-0.4, -0.2) is 19.0 Å². The van der Waals surface area contributed by atoms with Crippen LogP contribution in [0, 0.1) is 0 Å². The van der Waals surface area contributed by atoms with E-state index in [9.17, 15) is 19.5 Å². The molecule has 2 aromatic rings. The largest absolute Gasteiger partial charge is 0.540 e. The van der Waals surface area contributed by atoms with E-state index in [1.165, 1.54) is 19.2 Å². The molecule has 0 bridgehead atoms. The summed E-state index contributed by atoms with van der Waals surface area (Å²) in [6, 6.07) is 6.04. The average Bonchev–Trinajstić information content (AvgIpc) is 2.38. The fourth-order valence-corrected chi connectivity index (χ4v) is 1.48. The number of carbonyl (C=O) groups is 2. The number of aliphatic carboxylic acids is 1. The molecule has 98 valence electrons. The van der Waals surface area contributed by atoms with Crippen LogP contribution in [0.2, 0.25) is 0 Å². The minimum Gasteiger partial charge on any atom is -0.540 e. The third-order valence-corrected chi connectivity index (χ3v) is 2.38. The molecule has 0 spiro atoms. The van der Waals surface area contributed by atoms with E-state index in [1.807, 2.05) is 5.32 Å². The average molecular weight is 262 g/mol. The topological polar surface area (TPSA) is 109 Å². The Morgan fingerprint density at radius 2 is 2.05 bits per heavy atom. The number of anilines is 1. The quantitative estimate of drug-likeness (QED) is 0.576. The number of carboxylic acids is 1. The minimum absolute atomic E-state index is 0.260. The Balaban J connectivity index is 2.48. The summed E-state index contributed by atoms with van der Waals surface area (Å²) in [5, 5.41) is 12.7. The Labute approximate surface area is 106 Å². The van der Waals surface area contributed by atoms with Crippen LogP contribution in [0.1, 0.15) is 0 Å². The lowest BCUT2D eigenvalue weighted by Gasteiger charge is -2.06. The van der Waals surface area contributed by atoms with Crippen LogP contribution >= 0.6 is 0 Å². The van der Waals surface area contributed by atoms with Gasteiger partial charge in [-0.05, 0) is 18.2 Å². The van der Waals surface area contributed by atoms with Gasteiger partial charge in [0.1, 0.15) is 23.0 Å². The molecule has 0 saturated heterocycles. The minimum atomic E-state index is -1.94. The maximum atomic E-state index is 11.6. The second-order valence-corrected chi connectivity index (χ2v) is 3.59. The van der Waals surface area contributed by atoms with E-state index < -0.39 is 17.5 Å². The van der Waals surface area contributed by atoms with Gasteiger partial charge in [0.25, 0.3) is 5.91 Å². The van der Waals surface area contributed by atoms with E-state index in [-0.39, 0.29) is 11.3 Å². The predicted octanol–water partition coefficient (Wildman–Crippen LogP) is -0.510. The van der Waals surface area contributed by atoms with Gasteiger partial charge >= 0.3 is 5.63 Å². The van der Waals surface area contributed by atoms with Crippen LogP contribution in [0.3, 0.4) is 0 Å². The van der Waals surface area contributed by atoms with E-state index in [0.717, 1.165) is 0 Å². The first-order valence-electron chi connectivity index (χ1n) is 5.15.